The number of fused-ring (bicyclic) bond motifs is 1. The fourth-order valence-corrected chi connectivity index (χ4v) is 4.38. The molecule has 1 saturated carbocycles. The Hall–Kier alpha value is -2.22. The maximum Gasteiger partial charge on any atom is 0.166 e. The molecule has 7 nitrogen and oxygen atoms in total. The van der Waals surface area contributed by atoms with E-state index >= 15 is 0 Å². The van der Waals surface area contributed by atoms with Crippen molar-refractivity contribution in [2.75, 3.05) is 44.7 Å². The topological polar surface area (TPSA) is 70.3 Å². The van der Waals surface area contributed by atoms with E-state index in [1.165, 1.54) is 0 Å². The van der Waals surface area contributed by atoms with Gasteiger partial charge in [-0.2, -0.15) is 0 Å². The highest BCUT2D eigenvalue weighted by Crippen LogP contribution is 2.48. The number of piperazine rings is 1. The summed E-state index contributed by atoms with van der Waals surface area (Å²) < 4.78 is 2.11. The summed E-state index contributed by atoms with van der Waals surface area (Å²) >= 11 is 6.54. The predicted octanol–water partition coefficient (Wildman–Crippen LogP) is 2.69. The molecule has 0 amide bonds. The molecule has 8 heteroatoms. The van der Waals surface area contributed by atoms with E-state index in [0.29, 0.717) is 10.8 Å². The Kier molecular flexibility index (Phi) is 4.49. The van der Waals surface area contributed by atoms with Crippen molar-refractivity contribution in [3.8, 4) is 11.4 Å². The Morgan fingerprint density at radius 3 is 2.45 bits per heavy atom. The van der Waals surface area contributed by atoms with Gasteiger partial charge in [0, 0.05) is 31.7 Å². The first-order valence-corrected chi connectivity index (χ1v) is 10.5. The van der Waals surface area contributed by atoms with Crippen LogP contribution < -0.4 is 4.90 Å². The van der Waals surface area contributed by atoms with Crippen LogP contribution in [0.25, 0.3) is 22.6 Å². The van der Waals surface area contributed by atoms with E-state index in [0.717, 1.165) is 67.4 Å². The third-order valence-corrected chi connectivity index (χ3v) is 6.44. The molecule has 2 aromatic heterocycles. The number of aliphatic hydroxyl groups is 1. The molecule has 1 aliphatic carbocycles. The molecule has 3 heterocycles. The van der Waals surface area contributed by atoms with Crippen molar-refractivity contribution >= 4 is 28.6 Å². The molecule has 1 aromatic carbocycles. The van der Waals surface area contributed by atoms with Crippen molar-refractivity contribution in [2.24, 2.45) is 0 Å². The van der Waals surface area contributed by atoms with Crippen LogP contribution in [-0.2, 0) is 5.54 Å². The number of halogens is 1. The summed E-state index contributed by atoms with van der Waals surface area (Å²) in [5.74, 6) is 2.35. The number of imidazole rings is 1. The lowest BCUT2D eigenvalue weighted by Crippen LogP contribution is -2.45. The van der Waals surface area contributed by atoms with Crippen molar-refractivity contribution in [2.45, 2.75) is 25.3 Å². The van der Waals surface area contributed by atoms with Crippen LogP contribution in [0, 0.1) is 6.92 Å². The average molecular weight is 413 g/mol. The summed E-state index contributed by atoms with van der Waals surface area (Å²) in [6.07, 6.45) is 1.80. The molecule has 1 aliphatic heterocycles. The van der Waals surface area contributed by atoms with Crippen molar-refractivity contribution in [1.29, 1.82) is 0 Å². The van der Waals surface area contributed by atoms with Crippen LogP contribution in [0.1, 0.15) is 18.7 Å². The second-order valence-corrected chi connectivity index (χ2v) is 8.60. The maximum atomic E-state index is 10.2. The molecule has 2 aliphatic rings. The van der Waals surface area contributed by atoms with Gasteiger partial charge < -0.3 is 14.9 Å². The zero-order valence-electron chi connectivity index (χ0n) is 16.8. The molecule has 0 radical (unpaired) electrons. The van der Waals surface area contributed by atoms with Crippen LogP contribution in [-0.4, -0.2) is 69.4 Å². The van der Waals surface area contributed by atoms with Crippen molar-refractivity contribution < 1.29 is 5.11 Å². The number of aromatic nitrogens is 4. The molecule has 152 valence electrons. The van der Waals surface area contributed by atoms with Crippen LogP contribution in [0.3, 0.4) is 0 Å². The highest BCUT2D eigenvalue weighted by atomic mass is 35.5. The van der Waals surface area contributed by atoms with Crippen LogP contribution in [0.15, 0.2) is 24.3 Å². The Morgan fingerprint density at radius 1 is 1.07 bits per heavy atom. The first kappa shape index (κ1) is 18.8. The SMILES string of the molecule is Cc1nc(N2CCN(C)CC2)c2nc(-c3ccccc3Cl)n(C3(CO)CC3)c2n1. The van der Waals surface area contributed by atoms with Gasteiger partial charge in [0.25, 0.3) is 0 Å². The quantitative estimate of drug-likeness (QED) is 0.710. The first-order chi connectivity index (χ1) is 14.0. The summed E-state index contributed by atoms with van der Waals surface area (Å²) in [7, 11) is 2.14. The number of aryl methyl sites for hydroxylation is 1. The molecule has 1 saturated heterocycles. The van der Waals surface area contributed by atoms with Gasteiger partial charge in [-0.3, -0.25) is 4.57 Å². The molecule has 5 rings (SSSR count). The molecule has 0 unspecified atom stereocenters. The fraction of sp³-hybridized carbons (Fsp3) is 0.476. The summed E-state index contributed by atoms with van der Waals surface area (Å²) in [6.45, 7) is 5.77. The van der Waals surface area contributed by atoms with Crippen LogP contribution in [0.4, 0.5) is 5.82 Å². The minimum absolute atomic E-state index is 0.0583. The molecule has 0 bridgehead atoms. The summed E-state index contributed by atoms with van der Waals surface area (Å²) in [6, 6.07) is 7.72. The third-order valence-electron chi connectivity index (χ3n) is 6.11. The minimum Gasteiger partial charge on any atom is -0.394 e. The van der Waals surface area contributed by atoms with E-state index in [1.54, 1.807) is 0 Å². The lowest BCUT2D eigenvalue weighted by molar-refractivity contribution is 0.216. The number of nitrogens with zero attached hydrogens (tertiary/aromatic N) is 6. The minimum atomic E-state index is -0.358. The maximum absolute atomic E-state index is 10.2. The van der Waals surface area contributed by atoms with Gasteiger partial charge in [0.05, 0.1) is 17.2 Å². The van der Waals surface area contributed by atoms with Crippen molar-refractivity contribution in [3.05, 3.63) is 35.1 Å². The molecular formula is C21H25ClN6O. The number of hydrogen-bond acceptors (Lipinski definition) is 6. The van der Waals surface area contributed by atoms with Crippen molar-refractivity contribution in [1.82, 2.24) is 24.4 Å². The van der Waals surface area contributed by atoms with Crippen molar-refractivity contribution in [3.63, 3.8) is 0 Å². The van der Waals surface area contributed by atoms with E-state index in [1.807, 2.05) is 31.2 Å². The molecule has 0 spiro atoms. The molecular weight excluding hydrogens is 388 g/mol. The molecule has 1 N–H and O–H groups in total. The second kappa shape index (κ2) is 6.93. The van der Waals surface area contributed by atoms with Crippen LogP contribution >= 0.6 is 11.6 Å². The molecule has 3 aromatic rings. The third kappa shape index (κ3) is 3.08. The number of aliphatic hydroxyl groups excluding tert-OH is 1. The Bertz CT molecular complexity index is 1070. The van der Waals surface area contributed by atoms with E-state index in [-0.39, 0.29) is 12.1 Å². The molecule has 29 heavy (non-hydrogen) atoms. The number of anilines is 1. The van der Waals surface area contributed by atoms with E-state index < -0.39 is 0 Å². The van der Waals surface area contributed by atoms with Gasteiger partial charge >= 0.3 is 0 Å². The van der Waals surface area contributed by atoms with Gasteiger partial charge in [0.15, 0.2) is 17.0 Å². The van der Waals surface area contributed by atoms with Crippen LogP contribution in [0.2, 0.25) is 5.02 Å². The van der Waals surface area contributed by atoms with E-state index in [9.17, 15) is 5.11 Å². The largest absolute Gasteiger partial charge is 0.394 e. The smallest absolute Gasteiger partial charge is 0.166 e. The standard InChI is InChI=1S/C21H25ClN6O/c1-14-23-19(27-11-9-26(2)10-12-27)17-20(24-14)28(21(13-29)7-8-21)18(25-17)15-5-3-4-6-16(15)22/h3-6,29H,7-13H2,1-2H3. The van der Waals surface area contributed by atoms with Crippen LogP contribution in [0.5, 0.6) is 0 Å². The second-order valence-electron chi connectivity index (χ2n) is 8.19. The summed E-state index contributed by atoms with van der Waals surface area (Å²) in [4.78, 5) is 19.2. The number of rotatable bonds is 4. The van der Waals surface area contributed by atoms with Gasteiger partial charge in [-0.15, -0.1) is 0 Å². The van der Waals surface area contributed by atoms with Gasteiger partial charge in [-0.1, -0.05) is 23.7 Å². The highest BCUT2D eigenvalue weighted by Gasteiger charge is 2.47. The number of hydrogen-bond donors (Lipinski definition) is 1. The van der Waals surface area contributed by atoms with Gasteiger partial charge in [-0.25, -0.2) is 15.0 Å². The first-order valence-electron chi connectivity index (χ1n) is 10.1. The normalized spacial score (nSPS) is 19.1. The molecule has 0 atom stereocenters. The Morgan fingerprint density at radius 2 is 1.79 bits per heavy atom. The Balaban J connectivity index is 1.76. The average Bonchev–Trinajstić information content (AvgIpc) is 3.42. The monoisotopic (exact) mass is 412 g/mol. The summed E-state index contributed by atoms with van der Waals surface area (Å²) in [5.41, 5.74) is 2.07. The Labute approximate surface area is 175 Å². The van der Waals surface area contributed by atoms with Gasteiger partial charge in [0.1, 0.15) is 11.6 Å². The fourth-order valence-electron chi connectivity index (χ4n) is 4.16. The van der Waals surface area contributed by atoms with E-state index in [2.05, 4.69) is 21.4 Å². The highest BCUT2D eigenvalue weighted by molar-refractivity contribution is 6.33. The lowest BCUT2D eigenvalue weighted by atomic mass is 10.2. The zero-order valence-corrected chi connectivity index (χ0v) is 17.5. The van der Waals surface area contributed by atoms with E-state index in [4.69, 9.17) is 26.6 Å². The lowest BCUT2D eigenvalue weighted by Gasteiger charge is -2.33. The van der Waals surface area contributed by atoms with Gasteiger partial charge in [0.2, 0.25) is 0 Å². The predicted molar refractivity (Wildman–Crippen MR) is 115 cm³/mol. The molecule has 2 fully saturated rings. The number of likely N-dealkylation sites (N-methyl/N-ethyl adjacent to an activating group) is 1. The number of benzene rings is 1. The van der Waals surface area contributed by atoms with Gasteiger partial charge in [-0.05, 0) is 38.9 Å². The summed E-state index contributed by atoms with van der Waals surface area (Å²) in [5, 5.41) is 10.8. The zero-order chi connectivity index (χ0) is 20.2.